The number of amides is 1. The normalized spacial score (nSPS) is 12.1. The van der Waals surface area contributed by atoms with Crippen LogP contribution in [0.5, 0.6) is 0 Å². The predicted molar refractivity (Wildman–Crippen MR) is 117 cm³/mol. The standard InChI is InChI=1S/C20H23ClFIN2O3/c1-11(2)6-14(26)10-28-25-20(27)15-8-16(21)17(22)9-19(15)24-18-5-4-13(23)7-12(18)3/h4-5,7-9,11,14,24,26H,6,10H2,1-3H3,(H,25,27). The molecule has 3 N–H and O–H groups in total. The molecule has 0 saturated heterocycles. The summed E-state index contributed by atoms with van der Waals surface area (Å²) in [4.78, 5) is 17.6. The van der Waals surface area contributed by atoms with Gasteiger partial charge < -0.3 is 10.4 Å². The van der Waals surface area contributed by atoms with Gasteiger partial charge in [-0.15, -0.1) is 0 Å². The summed E-state index contributed by atoms with van der Waals surface area (Å²) in [5.74, 6) is -0.931. The number of aryl methyl sites for hydroxylation is 1. The minimum Gasteiger partial charge on any atom is -0.391 e. The maximum absolute atomic E-state index is 14.0. The molecule has 0 fully saturated rings. The molecule has 0 aliphatic heterocycles. The molecule has 0 radical (unpaired) electrons. The van der Waals surface area contributed by atoms with E-state index in [9.17, 15) is 14.3 Å². The van der Waals surface area contributed by atoms with Crippen molar-refractivity contribution in [3.8, 4) is 0 Å². The first-order valence-electron chi connectivity index (χ1n) is 8.79. The van der Waals surface area contributed by atoms with Crippen LogP contribution in [0.2, 0.25) is 5.02 Å². The van der Waals surface area contributed by atoms with Gasteiger partial charge in [-0.05, 0) is 77.7 Å². The third kappa shape index (κ3) is 6.58. The van der Waals surface area contributed by atoms with Gasteiger partial charge in [0.05, 0.1) is 22.4 Å². The minimum atomic E-state index is -0.691. The van der Waals surface area contributed by atoms with Crippen molar-refractivity contribution in [3.63, 3.8) is 0 Å². The fourth-order valence-corrected chi connectivity index (χ4v) is 3.43. The number of aliphatic hydroxyl groups is 1. The molecule has 5 nitrogen and oxygen atoms in total. The average molecular weight is 521 g/mol. The number of anilines is 2. The first-order valence-corrected chi connectivity index (χ1v) is 10.3. The second kappa shape index (κ2) is 10.4. The van der Waals surface area contributed by atoms with E-state index in [1.54, 1.807) is 0 Å². The smallest absolute Gasteiger partial charge is 0.277 e. The fraction of sp³-hybridized carbons (Fsp3) is 0.350. The van der Waals surface area contributed by atoms with Gasteiger partial charge in [-0.25, -0.2) is 9.87 Å². The number of aliphatic hydroxyl groups excluding tert-OH is 1. The van der Waals surface area contributed by atoms with Gasteiger partial charge in [-0.1, -0.05) is 25.4 Å². The van der Waals surface area contributed by atoms with Gasteiger partial charge in [0.25, 0.3) is 5.91 Å². The second-order valence-electron chi connectivity index (χ2n) is 6.92. The van der Waals surface area contributed by atoms with Crippen LogP contribution < -0.4 is 10.8 Å². The van der Waals surface area contributed by atoms with E-state index in [0.29, 0.717) is 12.3 Å². The molecule has 0 saturated carbocycles. The maximum atomic E-state index is 14.0. The van der Waals surface area contributed by atoms with Crippen molar-refractivity contribution in [2.45, 2.75) is 33.3 Å². The van der Waals surface area contributed by atoms with E-state index in [1.807, 2.05) is 39.0 Å². The zero-order valence-corrected chi connectivity index (χ0v) is 18.8. The molecule has 2 aromatic rings. The molecule has 28 heavy (non-hydrogen) atoms. The first-order chi connectivity index (χ1) is 13.2. The largest absolute Gasteiger partial charge is 0.391 e. The van der Waals surface area contributed by atoms with Crippen molar-refractivity contribution in [3.05, 3.63) is 55.9 Å². The van der Waals surface area contributed by atoms with E-state index in [0.717, 1.165) is 14.8 Å². The molecule has 152 valence electrons. The van der Waals surface area contributed by atoms with Gasteiger partial charge in [-0.2, -0.15) is 0 Å². The lowest BCUT2D eigenvalue weighted by atomic mass is 10.1. The Hall–Kier alpha value is -1.42. The summed E-state index contributed by atoms with van der Waals surface area (Å²) in [5, 5.41) is 12.7. The highest BCUT2D eigenvalue weighted by atomic mass is 127. The molecular weight excluding hydrogens is 498 g/mol. The Morgan fingerprint density at radius 1 is 1.29 bits per heavy atom. The SMILES string of the molecule is Cc1cc(I)ccc1Nc1cc(F)c(Cl)cc1C(=O)NOCC(O)CC(C)C. The van der Waals surface area contributed by atoms with Gasteiger partial charge in [0.1, 0.15) is 12.4 Å². The summed E-state index contributed by atoms with van der Waals surface area (Å²) in [7, 11) is 0. The third-order valence-corrected chi connectivity index (χ3v) is 4.91. The van der Waals surface area contributed by atoms with Crippen molar-refractivity contribution >= 4 is 51.5 Å². The summed E-state index contributed by atoms with van der Waals surface area (Å²) in [5.41, 5.74) is 4.35. The van der Waals surface area contributed by atoms with E-state index in [2.05, 4.69) is 33.4 Å². The Kier molecular flexibility index (Phi) is 8.48. The zero-order chi connectivity index (χ0) is 20.8. The summed E-state index contributed by atoms with van der Waals surface area (Å²) < 4.78 is 15.1. The summed E-state index contributed by atoms with van der Waals surface area (Å²) in [6.07, 6.45) is -0.138. The van der Waals surface area contributed by atoms with Gasteiger partial charge in [0.15, 0.2) is 0 Å². The van der Waals surface area contributed by atoms with Crippen LogP contribution >= 0.6 is 34.2 Å². The molecule has 0 aromatic heterocycles. The van der Waals surface area contributed by atoms with Gasteiger partial charge in [0.2, 0.25) is 0 Å². The van der Waals surface area contributed by atoms with E-state index in [1.165, 1.54) is 12.1 Å². The molecule has 0 aliphatic rings. The molecule has 0 bridgehead atoms. The lowest BCUT2D eigenvalue weighted by Crippen LogP contribution is -2.29. The van der Waals surface area contributed by atoms with E-state index < -0.39 is 17.8 Å². The van der Waals surface area contributed by atoms with Gasteiger partial charge in [-0.3, -0.25) is 9.63 Å². The lowest BCUT2D eigenvalue weighted by Gasteiger charge is -2.16. The number of hydrogen-bond acceptors (Lipinski definition) is 4. The molecule has 0 aliphatic carbocycles. The highest BCUT2D eigenvalue weighted by Gasteiger charge is 2.17. The van der Waals surface area contributed by atoms with Crippen LogP contribution in [-0.4, -0.2) is 23.7 Å². The monoisotopic (exact) mass is 520 g/mol. The van der Waals surface area contributed by atoms with Crippen LogP contribution in [0.4, 0.5) is 15.8 Å². The van der Waals surface area contributed by atoms with E-state index in [-0.39, 0.29) is 22.9 Å². The molecule has 0 heterocycles. The highest BCUT2D eigenvalue weighted by Crippen LogP contribution is 2.29. The van der Waals surface area contributed by atoms with Crippen LogP contribution in [0, 0.1) is 22.2 Å². The Morgan fingerprint density at radius 2 is 2.00 bits per heavy atom. The molecule has 2 rings (SSSR count). The van der Waals surface area contributed by atoms with Crippen LogP contribution in [0.15, 0.2) is 30.3 Å². The Labute approximate surface area is 182 Å². The predicted octanol–water partition coefficient (Wildman–Crippen LogP) is 5.20. The highest BCUT2D eigenvalue weighted by molar-refractivity contribution is 14.1. The summed E-state index contributed by atoms with van der Waals surface area (Å²) >= 11 is 8.06. The minimum absolute atomic E-state index is 0.0438. The molecule has 1 atom stereocenters. The average Bonchev–Trinajstić information content (AvgIpc) is 2.59. The molecule has 1 amide bonds. The van der Waals surface area contributed by atoms with Gasteiger partial charge in [0, 0.05) is 9.26 Å². The zero-order valence-electron chi connectivity index (χ0n) is 15.9. The van der Waals surface area contributed by atoms with Crippen molar-refractivity contribution in [1.82, 2.24) is 5.48 Å². The Balaban J connectivity index is 2.16. The molecule has 2 aromatic carbocycles. The fourth-order valence-electron chi connectivity index (χ4n) is 2.62. The topological polar surface area (TPSA) is 70.6 Å². The molecular formula is C20H23ClFIN2O3. The molecule has 8 heteroatoms. The van der Waals surface area contributed by atoms with Crippen LogP contribution in [0.25, 0.3) is 0 Å². The number of benzene rings is 2. The van der Waals surface area contributed by atoms with Gasteiger partial charge >= 0.3 is 0 Å². The quantitative estimate of drug-likeness (QED) is 0.330. The molecule has 1 unspecified atom stereocenters. The van der Waals surface area contributed by atoms with Crippen LogP contribution in [0.3, 0.4) is 0 Å². The van der Waals surface area contributed by atoms with Crippen molar-refractivity contribution < 1.29 is 19.1 Å². The van der Waals surface area contributed by atoms with E-state index >= 15 is 0 Å². The number of carbonyl (C=O) groups is 1. The first kappa shape index (κ1) is 22.9. The Morgan fingerprint density at radius 3 is 2.64 bits per heavy atom. The third-order valence-electron chi connectivity index (χ3n) is 3.95. The molecule has 0 spiro atoms. The maximum Gasteiger partial charge on any atom is 0.277 e. The Bertz CT molecular complexity index is 848. The number of nitrogens with one attached hydrogen (secondary N) is 2. The lowest BCUT2D eigenvalue weighted by molar-refractivity contribution is -0.0181. The number of hydrogen-bond donors (Lipinski definition) is 3. The van der Waals surface area contributed by atoms with Crippen molar-refractivity contribution in [2.75, 3.05) is 11.9 Å². The number of halogens is 3. The van der Waals surface area contributed by atoms with Crippen molar-refractivity contribution in [2.24, 2.45) is 5.92 Å². The van der Waals surface area contributed by atoms with E-state index in [4.69, 9.17) is 16.4 Å². The van der Waals surface area contributed by atoms with Crippen LogP contribution in [0.1, 0.15) is 36.2 Å². The number of hydroxylamine groups is 1. The number of rotatable bonds is 8. The number of carbonyl (C=O) groups excluding carboxylic acids is 1. The second-order valence-corrected chi connectivity index (χ2v) is 8.57. The summed E-state index contributed by atoms with van der Waals surface area (Å²) in [6.45, 7) is 5.83. The van der Waals surface area contributed by atoms with Crippen LogP contribution in [-0.2, 0) is 4.84 Å². The van der Waals surface area contributed by atoms with Crippen molar-refractivity contribution in [1.29, 1.82) is 0 Å². The summed E-state index contributed by atoms with van der Waals surface area (Å²) in [6, 6.07) is 8.13.